The molecular formula is C14H9F2NO3. The molecule has 0 saturated heterocycles. The van der Waals surface area contributed by atoms with Gasteiger partial charge in [0.15, 0.2) is 5.78 Å². The smallest absolute Gasteiger partial charge is 0.294 e. The number of ketones is 1. The Morgan fingerprint density at radius 3 is 2.40 bits per heavy atom. The van der Waals surface area contributed by atoms with Crippen molar-refractivity contribution in [3.8, 4) is 0 Å². The van der Waals surface area contributed by atoms with Crippen LogP contribution in [-0.2, 0) is 6.42 Å². The summed E-state index contributed by atoms with van der Waals surface area (Å²) in [5, 5.41) is 10.6. The minimum atomic E-state index is -1.31. The molecule has 0 aromatic heterocycles. The van der Waals surface area contributed by atoms with Crippen LogP contribution in [-0.4, -0.2) is 10.7 Å². The molecule has 0 amide bonds. The van der Waals surface area contributed by atoms with Crippen molar-refractivity contribution in [1.29, 1.82) is 0 Å². The van der Waals surface area contributed by atoms with Gasteiger partial charge in [-0.3, -0.25) is 14.9 Å². The van der Waals surface area contributed by atoms with E-state index in [1.807, 2.05) is 0 Å². The lowest BCUT2D eigenvalue weighted by molar-refractivity contribution is -0.387. The number of nitro groups is 1. The van der Waals surface area contributed by atoms with Crippen molar-refractivity contribution in [2.24, 2.45) is 0 Å². The maximum absolute atomic E-state index is 13.8. The molecule has 6 heteroatoms. The third-order valence-corrected chi connectivity index (χ3v) is 2.72. The van der Waals surface area contributed by atoms with E-state index in [9.17, 15) is 23.7 Å². The molecule has 0 fully saturated rings. The molecule has 2 aromatic rings. The normalized spacial score (nSPS) is 10.3. The van der Waals surface area contributed by atoms with Crippen LogP contribution in [0.2, 0.25) is 0 Å². The summed E-state index contributed by atoms with van der Waals surface area (Å²) >= 11 is 0. The van der Waals surface area contributed by atoms with E-state index >= 15 is 0 Å². The molecule has 0 heterocycles. The molecule has 0 saturated carbocycles. The lowest BCUT2D eigenvalue weighted by Crippen LogP contribution is -2.09. The highest BCUT2D eigenvalue weighted by molar-refractivity contribution is 5.98. The largest absolute Gasteiger partial charge is 0.308 e. The summed E-state index contributed by atoms with van der Waals surface area (Å²) in [5.74, 6) is -3.04. The molecule has 0 N–H and O–H groups in total. The van der Waals surface area contributed by atoms with Gasteiger partial charge in [-0.2, -0.15) is 4.39 Å². The molecule has 0 aliphatic heterocycles. The average molecular weight is 277 g/mol. The number of hydrogen-bond acceptors (Lipinski definition) is 3. The van der Waals surface area contributed by atoms with Crippen molar-refractivity contribution in [1.82, 2.24) is 0 Å². The molecule has 2 aromatic carbocycles. The number of benzene rings is 2. The highest BCUT2D eigenvalue weighted by Crippen LogP contribution is 2.23. The van der Waals surface area contributed by atoms with E-state index in [1.54, 1.807) is 30.3 Å². The lowest BCUT2D eigenvalue weighted by atomic mass is 10.0. The molecule has 0 aliphatic rings. The number of carbonyl (C=O) groups is 1. The zero-order chi connectivity index (χ0) is 14.7. The number of hydrogen-bond donors (Lipinski definition) is 0. The van der Waals surface area contributed by atoms with Gasteiger partial charge in [-0.1, -0.05) is 30.3 Å². The Labute approximate surface area is 112 Å². The average Bonchev–Trinajstić information content (AvgIpc) is 2.41. The highest BCUT2D eigenvalue weighted by Gasteiger charge is 2.24. The number of nitrogens with zero attached hydrogens (tertiary/aromatic N) is 1. The van der Waals surface area contributed by atoms with E-state index in [2.05, 4.69) is 0 Å². The van der Waals surface area contributed by atoms with E-state index in [4.69, 9.17) is 0 Å². The first-order valence-corrected chi connectivity index (χ1v) is 5.69. The number of rotatable bonds is 4. The van der Waals surface area contributed by atoms with Crippen molar-refractivity contribution < 1.29 is 18.5 Å². The first-order chi connectivity index (χ1) is 9.49. The Hall–Kier alpha value is -2.63. The van der Waals surface area contributed by atoms with Gasteiger partial charge in [-0.05, 0) is 11.6 Å². The van der Waals surface area contributed by atoms with Crippen LogP contribution in [0.4, 0.5) is 14.5 Å². The second-order valence-corrected chi connectivity index (χ2v) is 4.13. The van der Waals surface area contributed by atoms with Gasteiger partial charge in [0.05, 0.1) is 16.6 Å². The Morgan fingerprint density at radius 2 is 1.80 bits per heavy atom. The zero-order valence-electron chi connectivity index (χ0n) is 10.2. The van der Waals surface area contributed by atoms with Gasteiger partial charge in [0.25, 0.3) is 0 Å². The van der Waals surface area contributed by atoms with Crippen molar-refractivity contribution in [2.45, 2.75) is 6.42 Å². The Kier molecular flexibility index (Phi) is 3.84. The minimum absolute atomic E-state index is 0.154. The third-order valence-electron chi connectivity index (χ3n) is 2.72. The molecule has 0 bridgehead atoms. The van der Waals surface area contributed by atoms with Crippen LogP contribution in [0.3, 0.4) is 0 Å². The monoisotopic (exact) mass is 277 g/mol. The van der Waals surface area contributed by atoms with E-state index in [-0.39, 0.29) is 6.42 Å². The van der Waals surface area contributed by atoms with Crippen LogP contribution in [0.15, 0.2) is 42.5 Å². The Balaban J connectivity index is 2.37. The van der Waals surface area contributed by atoms with Gasteiger partial charge in [0.2, 0.25) is 5.82 Å². The first kappa shape index (κ1) is 13.8. The third kappa shape index (κ3) is 2.85. The predicted molar refractivity (Wildman–Crippen MR) is 67.5 cm³/mol. The first-order valence-electron chi connectivity index (χ1n) is 5.69. The summed E-state index contributed by atoms with van der Waals surface area (Å²) < 4.78 is 27.1. The predicted octanol–water partition coefficient (Wildman–Crippen LogP) is 3.30. The van der Waals surface area contributed by atoms with Crippen LogP contribution >= 0.6 is 0 Å². The molecule has 0 spiro atoms. The fourth-order valence-corrected chi connectivity index (χ4v) is 1.79. The second-order valence-electron chi connectivity index (χ2n) is 4.13. The van der Waals surface area contributed by atoms with Crippen molar-refractivity contribution in [2.75, 3.05) is 0 Å². The molecule has 4 nitrogen and oxygen atoms in total. The van der Waals surface area contributed by atoms with Crippen LogP contribution in [0, 0.1) is 21.7 Å². The Bertz CT molecular complexity index is 672. The molecule has 0 atom stereocenters. The number of Topliss-reactive ketones (excluding diaryl/α,β-unsaturated/α-hetero) is 1. The number of carbonyl (C=O) groups excluding carboxylic acids is 1. The molecule has 0 unspecified atom stereocenters. The summed E-state index contributed by atoms with van der Waals surface area (Å²) in [6.07, 6.45) is -0.154. The summed E-state index contributed by atoms with van der Waals surface area (Å²) in [5.41, 5.74) is -1.04. The standard InChI is InChI=1S/C14H9F2NO3/c15-10-7-11(14(16)12(8-10)17(19)20)13(18)6-9-4-2-1-3-5-9/h1-5,7-8H,6H2. The fraction of sp³-hybridized carbons (Fsp3) is 0.0714. The van der Waals surface area contributed by atoms with Crippen molar-refractivity contribution in [3.05, 3.63) is 75.3 Å². The molecule has 20 heavy (non-hydrogen) atoms. The van der Waals surface area contributed by atoms with Crippen LogP contribution in [0.1, 0.15) is 15.9 Å². The van der Waals surface area contributed by atoms with Gasteiger partial charge >= 0.3 is 5.69 Å². The van der Waals surface area contributed by atoms with Gasteiger partial charge in [-0.15, -0.1) is 0 Å². The topological polar surface area (TPSA) is 60.2 Å². The quantitative estimate of drug-likeness (QED) is 0.489. The maximum Gasteiger partial charge on any atom is 0.308 e. The van der Waals surface area contributed by atoms with Gasteiger partial charge in [0, 0.05) is 6.42 Å². The highest BCUT2D eigenvalue weighted by atomic mass is 19.1. The zero-order valence-corrected chi connectivity index (χ0v) is 10.2. The summed E-state index contributed by atoms with van der Waals surface area (Å²) in [4.78, 5) is 21.5. The molecule has 0 aliphatic carbocycles. The molecule has 102 valence electrons. The van der Waals surface area contributed by atoms with Gasteiger partial charge in [-0.25, -0.2) is 4.39 Å². The van der Waals surface area contributed by atoms with E-state index in [1.165, 1.54) is 0 Å². The van der Waals surface area contributed by atoms with E-state index in [0.29, 0.717) is 17.7 Å². The SMILES string of the molecule is O=C(Cc1ccccc1)c1cc(F)cc([N+](=O)[O-])c1F. The van der Waals surface area contributed by atoms with E-state index < -0.39 is 33.6 Å². The van der Waals surface area contributed by atoms with Crippen LogP contribution < -0.4 is 0 Å². The van der Waals surface area contributed by atoms with Crippen LogP contribution in [0.25, 0.3) is 0 Å². The van der Waals surface area contributed by atoms with Crippen molar-refractivity contribution >= 4 is 11.5 Å². The molecule has 0 radical (unpaired) electrons. The van der Waals surface area contributed by atoms with Gasteiger partial charge in [0.1, 0.15) is 5.82 Å². The van der Waals surface area contributed by atoms with Crippen molar-refractivity contribution in [3.63, 3.8) is 0 Å². The number of nitro benzene ring substituents is 1. The summed E-state index contributed by atoms with van der Waals surface area (Å²) in [6, 6.07) is 9.59. The van der Waals surface area contributed by atoms with Gasteiger partial charge < -0.3 is 0 Å². The lowest BCUT2D eigenvalue weighted by Gasteiger charge is -2.04. The maximum atomic E-state index is 13.8. The second kappa shape index (κ2) is 5.56. The Morgan fingerprint density at radius 1 is 1.15 bits per heavy atom. The van der Waals surface area contributed by atoms with E-state index in [0.717, 1.165) is 0 Å². The summed E-state index contributed by atoms with van der Waals surface area (Å²) in [7, 11) is 0. The minimum Gasteiger partial charge on any atom is -0.294 e. The fourth-order valence-electron chi connectivity index (χ4n) is 1.79. The molecule has 2 rings (SSSR count). The number of halogens is 2. The summed E-state index contributed by atoms with van der Waals surface area (Å²) in [6.45, 7) is 0. The van der Waals surface area contributed by atoms with Crippen LogP contribution in [0.5, 0.6) is 0 Å². The molecular weight excluding hydrogens is 268 g/mol.